The summed E-state index contributed by atoms with van der Waals surface area (Å²) < 4.78 is 0. The Hall–Kier alpha value is -0.0300. The van der Waals surface area contributed by atoms with Crippen molar-refractivity contribution in [1.29, 1.82) is 0 Å². The highest BCUT2D eigenvalue weighted by Crippen LogP contribution is 2.41. The number of carbonyl (C=O) groups excluding carboxylic acids is 1. The molecule has 23 heavy (non-hydrogen) atoms. The number of hydrogen-bond acceptors (Lipinski definition) is 3. The summed E-state index contributed by atoms with van der Waals surface area (Å²) in [6.45, 7) is 5.60. The Kier molecular flexibility index (Phi) is 8.64. The van der Waals surface area contributed by atoms with Crippen LogP contribution in [0.15, 0.2) is 0 Å². The van der Waals surface area contributed by atoms with Crippen molar-refractivity contribution < 1.29 is 4.79 Å². The molecule has 1 saturated heterocycles. The molecule has 0 aromatic rings. The highest BCUT2D eigenvalue weighted by Gasteiger charge is 2.40. The third-order valence-electron chi connectivity index (χ3n) is 6.16. The Balaban J connectivity index is 0.00000132. The summed E-state index contributed by atoms with van der Waals surface area (Å²) in [6.07, 6.45) is 8.05. The van der Waals surface area contributed by atoms with Gasteiger partial charge in [0, 0.05) is 31.1 Å². The molecule has 3 N–H and O–H groups in total. The lowest BCUT2D eigenvalue weighted by Crippen LogP contribution is -2.51. The lowest BCUT2D eigenvalue weighted by Gasteiger charge is -2.44. The maximum Gasteiger partial charge on any atom is 0.223 e. The number of carbonyl (C=O) groups is 1. The minimum absolute atomic E-state index is 0. The molecular formula is C17H33Cl2N3O. The predicted molar refractivity (Wildman–Crippen MR) is 99.3 cm³/mol. The molecule has 0 spiro atoms. The van der Waals surface area contributed by atoms with Gasteiger partial charge in [0.2, 0.25) is 5.91 Å². The fourth-order valence-corrected chi connectivity index (χ4v) is 4.72. The molecule has 1 amide bonds. The van der Waals surface area contributed by atoms with E-state index < -0.39 is 0 Å². The molecule has 3 fully saturated rings. The fourth-order valence-electron chi connectivity index (χ4n) is 4.72. The van der Waals surface area contributed by atoms with Crippen molar-refractivity contribution in [1.82, 2.24) is 10.2 Å². The summed E-state index contributed by atoms with van der Waals surface area (Å²) in [7, 11) is 0. The van der Waals surface area contributed by atoms with Crippen molar-refractivity contribution in [2.24, 2.45) is 23.5 Å². The molecule has 0 aromatic heterocycles. The predicted octanol–water partition coefficient (Wildman–Crippen LogP) is 2.58. The normalized spacial score (nSPS) is 34.9. The van der Waals surface area contributed by atoms with Crippen LogP contribution < -0.4 is 11.1 Å². The first-order valence-electron chi connectivity index (χ1n) is 8.95. The number of halogens is 2. The molecule has 2 atom stereocenters. The topological polar surface area (TPSA) is 58.4 Å². The fraction of sp³-hybridized carbons (Fsp3) is 0.941. The summed E-state index contributed by atoms with van der Waals surface area (Å²) in [5.41, 5.74) is 6.32. The summed E-state index contributed by atoms with van der Waals surface area (Å²) >= 11 is 0. The van der Waals surface area contributed by atoms with Gasteiger partial charge in [-0.25, -0.2) is 0 Å². The Bertz CT molecular complexity index is 361. The molecule has 2 saturated carbocycles. The first-order chi connectivity index (χ1) is 10.2. The van der Waals surface area contributed by atoms with Crippen LogP contribution in [0.1, 0.15) is 51.9 Å². The molecule has 1 aliphatic heterocycles. The molecule has 3 aliphatic rings. The molecule has 1 heterocycles. The van der Waals surface area contributed by atoms with Gasteiger partial charge in [-0.3, -0.25) is 4.79 Å². The van der Waals surface area contributed by atoms with E-state index in [1.165, 1.54) is 19.3 Å². The van der Waals surface area contributed by atoms with Gasteiger partial charge in [0.15, 0.2) is 0 Å². The number of nitrogens with two attached hydrogens (primary N) is 1. The molecule has 3 rings (SSSR count). The van der Waals surface area contributed by atoms with Crippen LogP contribution in [0.4, 0.5) is 0 Å². The van der Waals surface area contributed by atoms with E-state index >= 15 is 0 Å². The van der Waals surface area contributed by atoms with Crippen LogP contribution in [0.3, 0.4) is 0 Å². The van der Waals surface area contributed by atoms with Gasteiger partial charge in [0.1, 0.15) is 0 Å². The van der Waals surface area contributed by atoms with Crippen LogP contribution in [0.25, 0.3) is 0 Å². The average Bonchev–Trinajstić information content (AvgIpc) is 2.47. The number of fused-ring (bicyclic) bond motifs is 2. The molecular weight excluding hydrogens is 333 g/mol. The average molecular weight is 366 g/mol. The van der Waals surface area contributed by atoms with E-state index in [0.717, 1.165) is 45.3 Å². The molecule has 0 radical (unpaired) electrons. The summed E-state index contributed by atoms with van der Waals surface area (Å²) in [6, 6.07) is 0.756. The van der Waals surface area contributed by atoms with Gasteiger partial charge < -0.3 is 16.0 Å². The Labute approximate surface area is 153 Å². The van der Waals surface area contributed by atoms with Gasteiger partial charge in [-0.2, -0.15) is 0 Å². The van der Waals surface area contributed by atoms with Crippen LogP contribution in [-0.2, 0) is 4.79 Å². The Morgan fingerprint density at radius 2 is 1.65 bits per heavy atom. The van der Waals surface area contributed by atoms with E-state index in [9.17, 15) is 4.79 Å². The SMILES string of the molecule is CCN1CCC(NC(=O)C2CC3CCCC(C2)C3N)CC1.Cl.Cl. The maximum atomic E-state index is 12.6. The zero-order chi connectivity index (χ0) is 14.8. The highest BCUT2D eigenvalue weighted by molar-refractivity contribution is 5.85. The number of nitrogens with one attached hydrogen (secondary N) is 1. The molecule has 2 aliphatic carbocycles. The second kappa shape index (κ2) is 9.45. The monoisotopic (exact) mass is 365 g/mol. The van der Waals surface area contributed by atoms with Crippen LogP contribution in [0, 0.1) is 17.8 Å². The van der Waals surface area contributed by atoms with E-state index in [2.05, 4.69) is 17.1 Å². The van der Waals surface area contributed by atoms with Gasteiger partial charge in [0.25, 0.3) is 0 Å². The van der Waals surface area contributed by atoms with Gasteiger partial charge >= 0.3 is 0 Å². The number of likely N-dealkylation sites (tertiary alicyclic amines) is 1. The van der Waals surface area contributed by atoms with E-state index in [1.807, 2.05) is 0 Å². The standard InChI is InChI=1S/C17H31N3O.2ClH/c1-2-20-8-6-15(7-9-20)19-17(21)14-10-12-4-3-5-13(11-14)16(12)18;;/h12-16H,2-11,18H2,1H3,(H,19,21);2*1H. The number of piperidine rings is 1. The van der Waals surface area contributed by atoms with Crippen molar-refractivity contribution in [2.75, 3.05) is 19.6 Å². The third kappa shape index (κ3) is 4.97. The minimum atomic E-state index is 0. The summed E-state index contributed by atoms with van der Waals surface area (Å²) in [4.78, 5) is 15.1. The Morgan fingerprint density at radius 1 is 1.09 bits per heavy atom. The zero-order valence-electron chi connectivity index (χ0n) is 14.2. The van der Waals surface area contributed by atoms with Crippen molar-refractivity contribution in [3.05, 3.63) is 0 Å². The molecule has 0 aromatic carbocycles. The van der Waals surface area contributed by atoms with Gasteiger partial charge in [-0.05, 0) is 56.9 Å². The lowest BCUT2D eigenvalue weighted by molar-refractivity contribution is -0.129. The minimum Gasteiger partial charge on any atom is -0.353 e. The number of hydrogen-bond donors (Lipinski definition) is 2. The molecule has 4 nitrogen and oxygen atoms in total. The van der Waals surface area contributed by atoms with E-state index in [1.54, 1.807) is 0 Å². The van der Waals surface area contributed by atoms with Crippen LogP contribution in [-0.4, -0.2) is 42.5 Å². The maximum absolute atomic E-state index is 12.6. The number of rotatable bonds is 3. The van der Waals surface area contributed by atoms with Crippen molar-refractivity contribution in [2.45, 2.75) is 64.0 Å². The van der Waals surface area contributed by atoms with Crippen molar-refractivity contribution in [3.63, 3.8) is 0 Å². The van der Waals surface area contributed by atoms with Crippen LogP contribution in [0.5, 0.6) is 0 Å². The third-order valence-corrected chi connectivity index (χ3v) is 6.16. The van der Waals surface area contributed by atoms with Gasteiger partial charge in [-0.15, -0.1) is 24.8 Å². The lowest BCUT2D eigenvalue weighted by atomic mass is 9.65. The zero-order valence-corrected chi connectivity index (χ0v) is 15.8. The van der Waals surface area contributed by atoms with Crippen molar-refractivity contribution >= 4 is 30.7 Å². The van der Waals surface area contributed by atoms with Gasteiger partial charge in [0.05, 0.1) is 0 Å². The molecule has 2 unspecified atom stereocenters. The smallest absolute Gasteiger partial charge is 0.223 e. The van der Waals surface area contributed by atoms with Gasteiger partial charge in [-0.1, -0.05) is 13.3 Å². The van der Waals surface area contributed by atoms with E-state index in [0.29, 0.717) is 29.8 Å². The van der Waals surface area contributed by atoms with E-state index in [4.69, 9.17) is 5.73 Å². The van der Waals surface area contributed by atoms with E-state index in [-0.39, 0.29) is 30.7 Å². The van der Waals surface area contributed by atoms with Crippen molar-refractivity contribution in [3.8, 4) is 0 Å². The number of amides is 1. The molecule has 136 valence electrons. The quantitative estimate of drug-likeness (QED) is 0.807. The molecule has 2 bridgehead atoms. The highest BCUT2D eigenvalue weighted by atomic mass is 35.5. The van der Waals surface area contributed by atoms with Crippen LogP contribution in [0.2, 0.25) is 0 Å². The summed E-state index contributed by atoms with van der Waals surface area (Å²) in [5, 5.41) is 3.33. The van der Waals surface area contributed by atoms with Crippen LogP contribution >= 0.6 is 24.8 Å². The first kappa shape index (κ1) is 21.0. The second-order valence-corrected chi connectivity index (χ2v) is 7.41. The number of nitrogens with zero attached hydrogens (tertiary/aromatic N) is 1. The first-order valence-corrected chi connectivity index (χ1v) is 8.95. The second-order valence-electron chi connectivity index (χ2n) is 7.41. The molecule has 6 heteroatoms. The Morgan fingerprint density at radius 3 is 2.17 bits per heavy atom. The largest absolute Gasteiger partial charge is 0.353 e. The summed E-state index contributed by atoms with van der Waals surface area (Å²) in [5.74, 6) is 1.73.